The van der Waals surface area contributed by atoms with Crippen molar-refractivity contribution in [1.82, 2.24) is 14.8 Å². The summed E-state index contributed by atoms with van der Waals surface area (Å²) in [5.41, 5.74) is 0.190. The second-order valence-electron chi connectivity index (χ2n) is 5.93. The molecule has 1 unspecified atom stereocenters. The lowest BCUT2D eigenvalue weighted by Gasteiger charge is -2.40. The number of aliphatic hydroxyl groups is 1. The van der Waals surface area contributed by atoms with Gasteiger partial charge in [0.05, 0.1) is 6.54 Å². The SMILES string of the molecule is C#Cc1ccc(C(O)(Cn2cncn2)C(C)(C)C)cc1. The second-order valence-corrected chi connectivity index (χ2v) is 5.93. The van der Waals surface area contributed by atoms with Crippen molar-refractivity contribution in [3.8, 4) is 12.3 Å². The quantitative estimate of drug-likeness (QED) is 0.869. The minimum absolute atomic E-state index is 0.339. The van der Waals surface area contributed by atoms with Crippen LogP contribution in [0.15, 0.2) is 36.9 Å². The predicted molar refractivity (Wildman–Crippen MR) is 77.8 cm³/mol. The zero-order valence-corrected chi connectivity index (χ0v) is 12.0. The molecule has 0 radical (unpaired) electrons. The van der Waals surface area contributed by atoms with Crippen molar-refractivity contribution < 1.29 is 5.11 Å². The Kier molecular flexibility index (Phi) is 3.65. The highest BCUT2D eigenvalue weighted by atomic mass is 16.3. The van der Waals surface area contributed by atoms with Crippen LogP contribution in [0.4, 0.5) is 0 Å². The standard InChI is InChI=1S/C16H19N3O/c1-5-13-6-8-14(9-7-13)16(20,15(2,3)4)10-19-12-17-11-18-19/h1,6-9,11-12,20H,10H2,2-4H3. The molecule has 0 saturated carbocycles. The van der Waals surface area contributed by atoms with Crippen LogP contribution < -0.4 is 0 Å². The first-order chi connectivity index (χ1) is 9.37. The fourth-order valence-corrected chi connectivity index (χ4v) is 2.15. The lowest BCUT2D eigenvalue weighted by Crippen LogP contribution is -2.44. The molecule has 1 N–H and O–H groups in total. The molecular formula is C16H19N3O. The molecule has 0 spiro atoms. The van der Waals surface area contributed by atoms with E-state index in [1.165, 1.54) is 6.33 Å². The summed E-state index contributed by atoms with van der Waals surface area (Å²) in [7, 11) is 0. The summed E-state index contributed by atoms with van der Waals surface area (Å²) in [5.74, 6) is 2.58. The van der Waals surface area contributed by atoms with Gasteiger partial charge >= 0.3 is 0 Å². The molecule has 2 aromatic rings. The van der Waals surface area contributed by atoms with Crippen molar-refractivity contribution in [2.75, 3.05) is 0 Å². The van der Waals surface area contributed by atoms with Crippen molar-refractivity contribution in [3.63, 3.8) is 0 Å². The summed E-state index contributed by atoms with van der Waals surface area (Å²) >= 11 is 0. The van der Waals surface area contributed by atoms with Crippen molar-refractivity contribution in [3.05, 3.63) is 48.0 Å². The van der Waals surface area contributed by atoms with Crippen molar-refractivity contribution in [2.24, 2.45) is 5.41 Å². The Hall–Kier alpha value is -2.12. The maximum absolute atomic E-state index is 11.2. The van der Waals surface area contributed by atoms with Gasteiger partial charge in [-0.2, -0.15) is 5.10 Å². The summed E-state index contributed by atoms with van der Waals surface area (Å²) < 4.78 is 1.64. The predicted octanol–water partition coefficient (Wildman–Crippen LogP) is 2.19. The third kappa shape index (κ3) is 2.59. The topological polar surface area (TPSA) is 50.9 Å². The molecule has 0 aliphatic carbocycles. The molecule has 1 atom stereocenters. The van der Waals surface area contributed by atoms with E-state index in [2.05, 4.69) is 16.0 Å². The van der Waals surface area contributed by atoms with E-state index >= 15 is 0 Å². The Morgan fingerprint density at radius 1 is 1.25 bits per heavy atom. The van der Waals surface area contributed by atoms with E-state index < -0.39 is 5.60 Å². The van der Waals surface area contributed by atoms with Gasteiger partial charge in [-0.05, 0) is 23.1 Å². The summed E-state index contributed by atoms with van der Waals surface area (Å²) in [5, 5.41) is 15.3. The van der Waals surface area contributed by atoms with Gasteiger partial charge in [0, 0.05) is 5.56 Å². The Morgan fingerprint density at radius 3 is 2.35 bits per heavy atom. The molecule has 1 heterocycles. The molecule has 20 heavy (non-hydrogen) atoms. The van der Waals surface area contributed by atoms with Crippen molar-refractivity contribution in [1.29, 1.82) is 0 Å². The first-order valence-corrected chi connectivity index (χ1v) is 6.49. The highest BCUT2D eigenvalue weighted by Crippen LogP contribution is 2.40. The molecule has 4 heteroatoms. The summed E-state index contributed by atoms with van der Waals surface area (Å²) in [6.07, 6.45) is 8.44. The first-order valence-electron chi connectivity index (χ1n) is 6.49. The van der Waals surface area contributed by atoms with Gasteiger partial charge in [-0.25, -0.2) is 9.67 Å². The van der Waals surface area contributed by atoms with E-state index in [9.17, 15) is 5.11 Å². The average molecular weight is 269 g/mol. The van der Waals surface area contributed by atoms with Crippen LogP contribution in [0.3, 0.4) is 0 Å². The van der Waals surface area contributed by atoms with Gasteiger partial charge in [0.1, 0.15) is 18.3 Å². The van der Waals surface area contributed by atoms with Crippen LogP contribution in [0, 0.1) is 17.8 Å². The molecule has 1 aromatic heterocycles. The van der Waals surface area contributed by atoms with Gasteiger partial charge in [0.15, 0.2) is 0 Å². The number of nitrogens with zero attached hydrogens (tertiary/aromatic N) is 3. The Labute approximate surface area is 119 Å². The molecule has 4 nitrogen and oxygen atoms in total. The van der Waals surface area contributed by atoms with E-state index in [0.29, 0.717) is 6.54 Å². The van der Waals surface area contributed by atoms with Crippen LogP contribution in [0.5, 0.6) is 0 Å². The molecule has 1 aromatic carbocycles. The van der Waals surface area contributed by atoms with Crippen molar-refractivity contribution in [2.45, 2.75) is 32.9 Å². The smallest absolute Gasteiger partial charge is 0.137 e. The normalized spacial score (nSPS) is 14.6. The molecule has 0 saturated heterocycles. The molecule has 0 aliphatic rings. The fraction of sp³-hybridized carbons (Fsp3) is 0.375. The lowest BCUT2D eigenvalue weighted by molar-refractivity contribution is -0.0804. The monoisotopic (exact) mass is 269 g/mol. The summed E-state index contributed by atoms with van der Waals surface area (Å²) in [6, 6.07) is 7.43. The van der Waals surface area contributed by atoms with E-state index in [-0.39, 0.29) is 5.41 Å². The van der Waals surface area contributed by atoms with Crippen LogP contribution in [0.1, 0.15) is 31.9 Å². The first kappa shape index (κ1) is 14.3. The van der Waals surface area contributed by atoms with Gasteiger partial charge in [0.2, 0.25) is 0 Å². The molecular weight excluding hydrogens is 250 g/mol. The highest BCUT2D eigenvalue weighted by Gasteiger charge is 2.42. The molecule has 0 aliphatic heterocycles. The van der Waals surface area contributed by atoms with Gasteiger partial charge in [-0.3, -0.25) is 0 Å². The largest absolute Gasteiger partial charge is 0.383 e. The highest BCUT2D eigenvalue weighted by molar-refractivity contribution is 5.36. The molecule has 0 fully saturated rings. The average Bonchev–Trinajstić information content (AvgIpc) is 2.90. The number of hydrogen-bond donors (Lipinski definition) is 1. The van der Waals surface area contributed by atoms with Gasteiger partial charge < -0.3 is 5.11 Å². The molecule has 104 valence electrons. The summed E-state index contributed by atoms with van der Waals surface area (Å²) in [4.78, 5) is 3.92. The number of terminal acetylenes is 1. The number of aromatic nitrogens is 3. The minimum atomic E-state index is -1.06. The zero-order valence-electron chi connectivity index (χ0n) is 12.0. The Morgan fingerprint density at radius 2 is 1.90 bits per heavy atom. The van der Waals surface area contributed by atoms with E-state index in [1.807, 2.05) is 45.0 Å². The molecule has 2 rings (SSSR count). The Bertz CT molecular complexity index is 603. The lowest BCUT2D eigenvalue weighted by atomic mass is 9.72. The summed E-state index contributed by atoms with van der Waals surface area (Å²) in [6.45, 7) is 6.34. The Balaban J connectivity index is 2.43. The molecule has 0 amide bonds. The second kappa shape index (κ2) is 5.10. The number of rotatable bonds is 3. The van der Waals surface area contributed by atoms with E-state index in [1.54, 1.807) is 11.0 Å². The number of hydrogen-bond acceptors (Lipinski definition) is 3. The van der Waals surface area contributed by atoms with Crippen LogP contribution in [0.25, 0.3) is 0 Å². The minimum Gasteiger partial charge on any atom is -0.383 e. The van der Waals surface area contributed by atoms with E-state index in [4.69, 9.17) is 6.42 Å². The number of benzene rings is 1. The molecule has 0 bridgehead atoms. The zero-order chi connectivity index (χ0) is 14.8. The van der Waals surface area contributed by atoms with Crippen molar-refractivity contribution >= 4 is 0 Å². The maximum atomic E-state index is 11.2. The van der Waals surface area contributed by atoms with Gasteiger partial charge in [-0.15, -0.1) is 6.42 Å². The van der Waals surface area contributed by atoms with Crippen LogP contribution in [0.2, 0.25) is 0 Å². The van der Waals surface area contributed by atoms with Gasteiger partial charge in [0.25, 0.3) is 0 Å². The van der Waals surface area contributed by atoms with Crippen LogP contribution in [-0.4, -0.2) is 19.9 Å². The van der Waals surface area contributed by atoms with Crippen LogP contribution >= 0.6 is 0 Å². The van der Waals surface area contributed by atoms with Gasteiger partial charge in [-0.1, -0.05) is 38.8 Å². The van der Waals surface area contributed by atoms with Crippen LogP contribution in [-0.2, 0) is 12.1 Å². The maximum Gasteiger partial charge on any atom is 0.137 e. The third-order valence-corrected chi connectivity index (χ3v) is 3.63. The third-order valence-electron chi connectivity index (χ3n) is 3.63. The fourth-order valence-electron chi connectivity index (χ4n) is 2.15. The van der Waals surface area contributed by atoms with E-state index in [0.717, 1.165) is 11.1 Å².